The summed E-state index contributed by atoms with van der Waals surface area (Å²) in [7, 11) is 1.88. The van der Waals surface area contributed by atoms with E-state index in [0.717, 1.165) is 16.0 Å². The summed E-state index contributed by atoms with van der Waals surface area (Å²) in [6, 6.07) is 0. The van der Waals surface area contributed by atoms with Gasteiger partial charge in [-0.25, -0.2) is 9.78 Å². The summed E-state index contributed by atoms with van der Waals surface area (Å²) >= 11 is 1.63. The lowest BCUT2D eigenvalue weighted by atomic mass is 10.2. The third-order valence-electron chi connectivity index (χ3n) is 4.20. The summed E-state index contributed by atoms with van der Waals surface area (Å²) in [5, 5.41) is 6.37. The lowest BCUT2D eigenvalue weighted by Crippen LogP contribution is -2.49. The summed E-state index contributed by atoms with van der Waals surface area (Å²) < 4.78 is 5.31. The summed E-state index contributed by atoms with van der Waals surface area (Å²) in [4.78, 5) is 26.3. The zero-order chi connectivity index (χ0) is 18.0. The van der Waals surface area contributed by atoms with Crippen LogP contribution in [0, 0.1) is 12.8 Å². The zero-order valence-electron chi connectivity index (χ0n) is 15.2. The Morgan fingerprint density at radius 3 is 2.68 bits per heavy atom. The van der Waals surface area contributed by atoms with Crippen molar-refractivity contribution in [2.45, 2.75) is 20.8 Å². The van der Waals surface area contributed by atoms with Gasteiger partial charge in [0.1, 0.15) is 10.6 Å². The molecule has 1 saturated heterocycles. The van der Waals surface area contributed by atoms with E-state index in [1.54, 1.807) is 16.2 Å². The van der Waals surface area contributed by atoms with Gasteiger partial charge in [-0.3, -0.25) is 0 Å². The van der Waals surface area contributed by atoms with E-state index in [2.05, 4.69) is 27.5 Å². The maximum atomic E-state index is 12.1. The van der Waals surface area contributed by atoms with Crippen LogP contribution in [0.2, 0.25) is 0 Å². The number of rotatable bonds is 4. The highest BCUT2D eigenvalue weighted by Gasteiger charge is 2.24. The molecule has 136 valence electrons. The van der Waals surface area contributed by atoms with Crippen LogP contribution in [0.1, 0.15) is 19.4 Å². The Morgan fingerprint density at radius 2 is 2.04 bits per heavy atom. The molecule has 0 radical (unpaired) electrons. The van der Waals surface area contributed by atoms with Crippen LogP contribution < -0.4 is 10.2 Å². The molecule has 1 aliphatic rings. The largest absolute Gasteiger partial charge is 0.449 e. The summed E-state index contributed by atoms with van der Waals surface area (Å²) in [6.07, 6.45) is -0.227. The maximum absolute atomic E-state index is 12.1. The second-order valence-electron chi connectivity index (χ2n) is 6.67. The SMILES string of the molecule is CNc1nc(N2CCN(C(=O)OCC(C)C)CC2)nc2scc(C)c12. The van der Waals surface area contributed by atoms with Gasteiger partial charge < -0.3 is 19.9 Å². The molecular formula is C17H25N5O2S. The normalized spacial score (nSPS) is 15.1. The van der Waals surface area contributed by atoms with E-state index in [4.69, 9.17) is 9.72 Å². The van der Waals surface area contributed by atoms with Gasteiger partial charge >= 0.3 is 6.09 Å². The van der Waals surface area contributed by atoms with Crippen LogP contribution in [0.4, 0.5) is 16.6 Å². The topological polar surface area (TPSA) is 70.6 Å². The van der Waals surface area contributed by atoms with Crippen molar-refractivity contribution >= 4 is 39.4 Å². The smallest absolute Gasteiger partial charge is 0.409 e. The molecule has 0 unspecified atom stereocenters. The molecule has 8 heteroatoms. The first-order valence-electron chi connectivity index (χ1n) is 8.59. The molecule has 0 saturated carbocycles. The monoisotopic (exact) mass is 363 g/mol. The summed E-state index contributed by atoms with van der Waals surface area (Å²) in [5.74, 6) is 1.92. The number of amides is 1. The van der Waals surface area contributed by atoms with Gasteiger partial charge in [0, 0.05) is 33.2 Å². The second kappa shape index (κ2) is 7.43. The van der Waals surface area contributed by atoms with E-state index < -0.39 is 0 Å². The van der Waals surface area contributed by atoms with Crippen molar-refractivity contribution in [2.24, 2.45) is 5.92 Å². The standard InChI is InChI=1S/C17H25N5O2S/c1-11(2)9-24-17(23)22-7-5-21(6-8-22)16-19-14(18-4)13-12(3)10-25-15(13)20-16/h10-11H,5-9H2,1-4H3,(H,18,19,20). The number of carbonyl (C=O) groups excluding carboxylic acids is 1. The van der Waals surface area contributed by atoms with Crippen molar-refractivity contribution in [2.75, 3.05) is 50.1 Å². The van der Waals surface area contributed by atoms with Crippen LogP contribution in [0.25, 0.3) is 10.2 Å². The number of hydrogen-bond donors (Lipinski definition) is 1. The molecule has 1 amide bonds. The molecule has 2 aromatic rings. The Balaban J connectivity index is 1.69. The highest BCUT2D eigenvalue weighted by molar-refractivity contribution is 7.17. The van der Waals surface area contributed by atoms with Crippen LogP contribution in [-0.2, 0) is 4.74 Å². The molecule has 1 aliphatic heterocycles. The average molecular weight is 363 g/mol. The molecule has 3 rings (SSSR count). The van der Waals surface area contributed by atoms with Gasteiger partial charge in [0.2, 0.25) is 5.95 Å². The Labute approximate surface area is 152 Å². The lowest BCUT2D eigenvalue weighted by molar-refractivity contribution is 0.0900. The molecule has 0 aliphatic carbocycles. The maximum Gasteiger partial charge on any atom is 0.409 e. The van der Waals surface area contributed by atoms with E-state index >= 15 is 0 Å². The van der Waals surface area contributed by atoms with Gasteiger partial charge in [-0.05, 0) is 23.8 Å². The highest BCUT2D eigenvalue weighted by Crippen LogP contribution is 2.31. The molecule has 25 heavy (non-hydrogen) atoms. The molecule has 0 bridgehead atoms. The molecule has 0 spiro atoms. The molecular weight excluding hydrogens is 338 g/mol. The van der Waals surface area contributed by atoms with E-state index in [9.17, 15) is 4.79 Å². The van der Waals surface area contributed by atoms with Crippen LogP contribution in [0.5, 0.6) is 0 Å². The Kier molecular flexibility index (Phi) is 5.27. The first kappa shape index (κ1) is 17.7. The fourth-order valence-electron chi connectivity index (χ4n) is 2.81. The van der Waals surface area contributed by atoms with Crippen molar-refractivity contribution in [3.8, 4) is 0 Å². The molecule has 1 N–H and O–H groups in total. The number of carbonyl (C=O) groups is 1. The number of ether oxygens (including phenoxy) is 1. The van der Waals surface area contributed by atoms with Gasteiger partial charge in [0.25, 0.3) is 0 Å². The molecule has 0 aromatic carbocycles. The first-order chi connectivity index (χ1) is 12.0. The number of nitrogens with one attached hydrogen (secondary N) is 1. The Hall–Kier alpha value is -2.09. The second-order valence-corrected chi connectivity index (χ2v) is 7.52. The quantitative estimate of drug-likeness (QED) is 0.901. The molecule has 3 heterocycles. The molecule has 1 fully saturated rings. The lowest BCUT2D eigenvalue weighted by Gasteiger charge is -2.34. The van der Waals surface area contributed by atoms with Gasteiger partial charge in [-0.15, -0.1) is 11.3 Å². The number of fused-ring (bicyclic) bond motifs is 1. The number of anilines is 2. The zero-order valence-corrected chi connectivity index (χ0v) is 16.0. The predicted octanol–water partition coefficient (Wildman–Crippen LogP) is 2.96. The van der Waals surface area contributed by atoms with Gasteiger partial charge in [0.05, 0.1) is 12.0 Å². The van der Waals surface area contributed by atoms with E-state index in [1.807, 2.05) is 20.9 Å². The van der Waals surface area contributed by atoms with Crippen molar-refractivity contribution in [1.29, 1.82) is 0 Å². The van der Waals surface area contributed by atoms with Crippen LogP contribution in [0.3, 0.4) is 0 Å². The predicted molar refractivity (Wildman–Crippen MR) is 102 cm³/mol. The first-order valence-corrected chi connectivity index (χ1v) is 9.47. The fraction of sp³-hybridized carbons (Fsp3) is 0.588. The van der Waals surface area contributed by atoms with E-state index in [1.165, 1.54) is 5.56 Å². The minimum Gasteiger partial charge on any atom is -0.449 e. The number of piperazine rings is 1. The summed E-state index contributed by atoms with van der Waals surface area (Å²) in [6.45, 7) is 9.25. The minimum atomic E-state index is -0.227. The van der Waals surface area contributed by atoms with E-state index in [-0.39, 0.29) is 6.09 Å². The number of aromatic nitrogens is 2. The van der Waals surface area contributed by atoms with Crippen LogP contribution in [0.15, 0.2) is 5.38 Å². The third kappa shape index (κ3) is 3.78. The fourth-order valence-corrected chi connectivity index (χ4v) is 3.73. The van der Waals surface area contributed by atoms with E-state index in [0.29, 0.717) is 44.7 Å². The van der Waals surface area contributed by atoms with Crippen LogP contribution >= 0.6 is 11.3 Å². The third-order valence-corrected chi connectivity index (χ3v) is 5.19. The Bertz CT molecular complexity index is 753. The van der Waals surface area contributed by atoms with Crippen molar-refractivity contribution in [3.63, 3.8) is 0 Å². The van der Waals surface area contributed by atoms with Crippen LogP contribution in [-0.4, -0.2) is 60.8 Å². The summed E-state index contributed by atoms with van der Waals surface area (Å²) in [5.41, 5.74) is 1.19. The van der Waals surface area contributed by atoms with Gasteiger partial charge in [-0.2, -0.15) is 4.98 Å². The number of aryl methyl sites for hydroxylation is 1. The minimum absolute atomic E-state index is 0.227. The molecule has 7 nitrogen and oxygen atoms in total. The molecule has 0 atom stereocenters. The van der Waals surface area contributed by atoms with Crippen molar-refractivity contribution in [1.82, 2.24) is 14.9 Å². The van der Waals surface area contributed by atoms with Crippen molar-refractivity contribution < 1.29 is 9.53 Å². The average Bonchev–Trinajstić information content (AvgIpc) is 3.00. The number of hydrogen-bond acceptors (Lipinski definition) is 7. The van der Waals surface area contributed by atoms with Gasteiger partial charge in [0.15, 0.2) is 0 Å². The van der Waals surface area contributed by atoms with Gasteiger partial charge in [-0.1, -0.05) is 13.8 Å². The van der Waals surface area contributed by atoms with Crippen molar-refractivity contribution in [3.05, 3.63) is 10.9 Å². The Morgan fingerprint density at radius 1 is 1.32 bits per heavy atom. The number of nitrogens with zero attached hydrogens (tertiary/aromatic N) is 4. The highest BCUT2D eigenvalue weighted by atomic mass is 32.1. The number of thiophene rings is 1. The molecule has 2 aromatic heterocycles.